The Morgan fingerprint density at radius 2 is 1.85 bits per heavy atom. The largest absolute Gasteiger partial charge is 0.465 e. The second kappa shape index (κ2) is 8.74. The minimum Gasteiger partial charge on any atom is -0.465 e. The molecule has 0 amide bonds. The zero-order chi connectivity index (χ0) is 23.8. The van der Waals surface area contributed by atoms with E-state index in [0.717, 1.165) is 29.4 Å². The van der Waals surface area contributed by atoms with Crippen molar-refractivity contribution in [3.8, 4) is 17.1 Å². The first-order valence-electron chi connectivity index (χ1n) is 11.1. The van der Waals surface area contributed by atoms with E-state index in [0.29, 0.717) is 28.7 Å². The molecule has 3 aromatic rings. The van der Waals surface area contributed by atoms with Gasteiger partial charge in [-0.25, -0.2) is 13.8 Å². The van der Waals surface area contributed by atoms with E-state index < -0.39 is 11.6 Å². The normalized spacial score (nSPS) is 11.4. The zero-order valence-electron chi connectivity index (χ0n) is 18.9. The monoisotopic (exact) mass is 459 g/mol. The lowest BCUT2D eigenvalue weighted by Crippen LogP contribution is -2.18. The number of hydrogen-bond acceptors (Lipinski definition) is 3. The summed E-state index contributed by atoms with van der Waals surface area (Å²) in [5, 5.41) is 0. The average Bonchev–Trinajstić information content (AvgIpc) is 3.36. The molecule has 2 aromatic carbocycles. The summed E-state index contributed by atoms with van der Waals surface area (Å²) in [6.45, 7) is 3.98. The Labute approximate surface area is 195 Å². The molecule has 1 aromatic heterocycles. The molecule has 0 bridgehead atoms. The topological polar surface area (TPSA) is 63.8 Å². The standard InChI is InChI=1S/C27H23F2N3O2/c1-3-24-16(2)12-19(34-24)14-22-27(33)32-15-23(17-8-5-4-6-9-17)30-21(26(32)31-22)13-18-10-7-11-20(28)25(18)29/h4-12,15,30H,3,13-14H2,1-2H3. The molecule has 5 rings (SSSR count). The predicted octanol–water partition coefficient (Wildman–Crippen LogP) is 5.59. The van der Waals surface area contributed by atoms with Gasteiger partial charge >= 0.3 is 0 Å². The van der Waals surface area contributed by atoms with Crippen molar-refractivity contribution in [1.82, 2.24) is 14.5 Å². The van der Waals surface area contributed by atoms with Crippen molar-refractivity contribution >= 4 is 0 Å². The highest BCUT2D eigenvalue weighted by molar-refractivity contribution is 5.60. The molecule has 0 atom stereocenters. The van der Waals surface area contributed by atoms with E-state index >= 15 is 0 Å². The molecule has 1 N–H and O–H groups in total. The maximum atomic E-state index is 14.5. The molecular weight excluding hydrogens is 436 g/mol. The molecule has 2 aliphatic rings. The molecule has 0 saturated carbocycles. The highest BCUT2D eigenvalue weighted by Crippen LogP contribution is 2.25. The molecule has 2 aliphatic heterocycles. The number of halogens is 2. The Kier molecular flexibility index (Phi) is 5.61. The quantitative estimate of drug-likeness (QED) is 0.360. The average molecular weight is 459 g/mol. The highest BCUT2D eigenvalue weighted by atomic mass is 19.2. The molecule has 7 heteroatoms. The summed E-state index contributed by atoms with van der Waals surface area (Å²) in [6.07, 6.45) is 2.75. The van der Waals surface area contributed by atoms with Crippen LogP contribution in [0.15, 0.2) is 70.0 Å². The number of aromatic nitrogens is 3. The summed E-state index contributed by atoms with van der Waals surface area (Å²) in [5.74, 6) is 0.100. The van der Waals surface area contributed by atoms with Gasteiger partial charge in [-0.3, -0.25) is 9.36 Å². The van der Waals surface area contributed by atoms with Gasteiger partial charge in [-0.05, 0) is 35.7 Å². The van der Waals surface area contributed by atoms with Crippen molar-refractivity contribution < 1.29 is 13.2 Å². The second-order valence-electron chi connectivity index (χ2n) is 8.31. The van der Waals surface area contributed by atoms with Crippen molar-refractivity contribution in [3.05, 3.63) is 117 Å². The fourth-order valence-electron chi connectivity index (χ4n) is 4.25. The maximum absolute atomic E-state index is 14.5. The van der Waals surface area contributed by atoms with Crippen LogP contribution in [0, 0.1) is 18.6 Å². The highest BCUT2D eigenvalue weighted by Gasteiger charge is 2.22. The number of benzene rings is 2. The van der Waals surface area contributed by atoms with Gasteiger partial charge in [0.25, 0.3) is 5.56 Å². The second-order valence-corrected chi connectivity index (χ2v) is 8.31. The van der Waals surface area contributed by atoms with Gasteiger partial charge in [0.05, 0.1) is 17.8 Å². The summed E-state index contributed by atoms with van der Waals surface area (Å²) in [4.78, 5) is 21.2. The smallest absolute Gasteiger partial charge is 0.278 e. The Morgan fingerprint density at radius 3 is 2.59 bits per heavy atom. The number of nitrogens with zero attached hydrogens (tertiary/aromatic N) is 2. The van der Waals surface area contributed by atoms with E-state index in [2.05, 4.69) is 9.97 Å². The van der Waals surface area contributed by atoms with Gasteiger partial charge in [0, 0.05) is 19.0 Å². The van der Waals surface area contributed by atoms with Crippen molar-refractivity contribution in [2.24, 2.45) is 0 Å². The fraction of sp³-hybridized carbons (Fsp3) is 0.185. The molecule has 34 heavy (non-hydrogen) atoms. The van der Waals surface area contributed by atoms with Gasteiger partial charge in [0.2, 0.25) is 0 Å². The summed E-state index contributed by atoms with van der Waals surface area (Å²) >= 11 is 0. The van der Waals surface area contributed by atoms with Crippen LogP contribution in [0.4, 0.5) is 8.78 Å². The molecule has 0 radical (unpaired) electrons. The van der Waals surface area contributed by atoms with Gasteiger partial charge < -0.3 is 9.40 Å². The van der Waals surface area contributed by atoms with Crippen LogP contribution in [-0.2, 0) is 19.3 Å². The number of aromatic amines is 1. The molecule has 0 unspecified atom stereocenters. The van der Waals surface area contributed by atoms with Crippen LogP contribution < -0.4 is 5.56 Å². The molecule has 0 saturated heterocycles. The number of rotatable bonds is 6. The van der Waals surface area contributed by atoms with Crippen molar-refractivity contribution in [2.45, 2.75) is 33.1 Å². The van der Waals surface area contributed by atoms with Crippen molar-refractivity contribution in [2.75, 3.05) is 0 Å². The van der Waals surface area contributed by atoms with Gasteiger partial charge in [-0.15, -0.1) is 0 Å². The minimum atomic E-state index is -0.916. The third-order valence-corrected chi connectivity index (χ3v) is 5.97. The van der Waals surface area contributed by atoms with Crippen LogP contribution in [0.1, 0.15) is 41.0 Å². The SMILES string of the molecule is CCc1oc(Cc2nc3c(Cc4cccc(F)c4F)[nH]c(-c4ccccc4)cn-3c2=O)cc1C. The van der Waals surface area contributed by atoms with Crippen LogP contribution in [0.5, 0.6) is 0 Å². The third kappa shape index (κ3) is 3.94. The van der Waals surface area contributed by atoms with Crippen molar-refractivity contribution in [1.29, 1.82) is 0 Å². The molecule has 172 valence electrons. The number of aryl methyl sites for hydroxylation is 2. The van der Waals surface area contributed by atoms with Crippen LogP contribution >= 0.6 is 0 Å². The molecule has 0 aliphatic carbocycles. The zero-order valence-corrected chi connectivity index (χ0v) is 18.9. The van der Waals surface area contributed by atoms with Gasteiger partial charge in [-0.2, -0.15) is 0 Å². The van der Waals surface area contributed by atoms with Crippen molar-refractivity contribution in [3.63, 3.8) is 0 Å². The number of hydrogen-bond donors (Lipinski definition) is 1. The lowest BCUT2D eigenvalue weighted by molar-refractivity contribution is 0.475. The van der Waals surface area contributed by atoms with E-state index in [-0.39, 0.29) is 24.0 Å². The van der Waals surface area contributed by atoms with E-state index in [9.17, 15) is 13.6 Å². The minimum absolute atomic E-state index is 0.0451. The molecule has 5 nitrogen and oxygen atoms in total. The summed E-state index contributed by atoms with van der Waals surface area (Å²) in [7, 11) is 0. The van der Waals surface area contributed by atoms with Gasteiger partial charge in [0.15, 0.2) is 17.5 Å². The maximum Gasteiger partial charge on any atom is 0.278 e. The fourth-order valence-corrected chi connectivity index (χ4v) is 4.25. The predicted molar refractivity (Wildman–Crippen MR) is 126 cm³/mol. The number of nitrogens with one attached hydrogen (secondary N) is 1. The van der Waals surface area contributed by atoms with E-state index in [1.54, 1.807) is 6.20 Å². The van der Waals surface area contributed by atoms with Crippen LogP contribution in [-0.4, -0.2) is 14.5 Å². The summed E-state index contributed by atoms with van der Waals surface area (Å²) in [6, 6.07) is 15.5. The van der Waals surface area contributed by atoms with E-state index in [1.165, 1.54) is 16.7 Å². The Bertz CT molecular complexity index is 1500. The molecule has 0 spiro atoms. The van der Waals surface area contributed by atoms with E-state index in [4.69, 9.17) is 4.42 Å². The summed E-state index contributed by atoms with van der Waals surface area (Å²) < 4.78 is 35.7. The third-order valence-electron chi connectivity index (χ3n) is 5.97. The molecular formula is C27H23F2N3O2. The summed E-state index contributed by atoms with van der Waals surface area (Å²) in [5.41, 5.74) is 3.31. The number of fused-ring (bicyclic) bond motifs is 1. The van der Waals surface area contributed by atoms with Crippen LogP contribution in [0.25, 0.3) is 17.1 Å². The van der Waals surface area contributed by atoms with Crippen LogP contribution in [0.3, 0.4) is 0 Å². The lowest BCUT2D eigenvalue weighted by Gasteiger charge is -2.13. The first kappa shape index (κ1) is 21.8. The number of imidazole rings is 1. The number of H-pyrrole nitrogens is 1. The Morgan fingerprint density at radius 1 is 1.06 bits per heavy atom. The van der Waals surface area contributed by atoms with Gasteiger partial charge in [0.1, 0.15) is 17.2 Å². The first-order chi connectivity index (χ1) is 16.4. The molecule has 3 heterocycles. The van der Waals surface area contributed by atoms with Gasteiger partial charge in [-0.1, -0.05) is 49.4 Å². The number of furan rings is 1. The lowest BCUT2D eigenvalue weighted by atomic mass is 10.1. The Hall–Kier alpha value is -4.00. The van der Waals surface area contributed by atoms with Crippen LogP contribution in [0.2, 0.25) is 0 Å². The van der Waals surface area contributed by atoms with E-state index in [1.807, 2.05) is 50.2 Å². The molecule has 0 fully saturated rings. The Balaban J connectivity index is 1.64. The first-order valence-corrected chi connectivity index (χ1v) is 11.1.